The van der Waals surface area contributed by atoms with Gasteiger partial charge < -0.3 is 5.32 Å². The highest BCUT2D eigenvalue weighted by Crippen LogP contribution is 2.24. The highest BCUT2D eigenvalue weighted by atomic mass is 16.1. The molecule has 0 radical (unpaired) electrons. The van der Waals surface area contributed by atoms with Gasteiger partial charge >= 0.3 is 0 Å². The Morgan fingerprint density at radius 3 is 2.79 bits per heavy atom. The molecular weight excluding hydrogens is 300 g/mol. The number of carbonyl (C=O) groups excluding carboxylic acids is 1. The summed E-state index contributed by atoms with van der Waals surface area (Å²) in [6, 6.07) is 2.34. The molecular formula is C19H28N4O. The van der Waals surface area contributed by atoms with Gasteiger partial charge in [0.05, 0.1) is 5.69 Å². The molecule has 1 aliphatic carbocycles. The van der Waals surface area contributed by atoms with Gasteiger partial charge in [0.2, 0.25) is 5.91 Å². The predicted molar refractivity (Wildman–Crippen MR) is 95.1 cm³/mol. The van der Waals surface area contributed by atoms with Crippen LogP contribution in [0.4, 0.5) is 0 Å². The van der Waals surface area contributed by atoms with Crippen LogP contribution in [0.3, 0.4) is 0 Å². The number of nitrogens with zero attached hydrogens (tertiary/aromatic N) is 3. The van der Waals surface area contributed by atoms with Gasteiger partial charge in [-0.3, -0.25) is 4.79 Å². The Morgan fingerprint density at radius 2 is 2.04 bits per heavy atom. The first kappa shape index (κ1) is 16.9. The normalized spacial score (nSPS) is 21.2. The minimum atomic E-state index is 0.157. The van der Waals surface area contributed by atoms with Crippen molar-refractivity contribution in [3.05, 3.63) is 28.7 Å². The summed E-state index contributed by atoms with van der Waals surface area (Å²) in [6.07, 6.45) is 6.09. The van der Waals surface area contributed by atoms with E-state index in [1.807, 2.05) is 24.4 Å². The number of fused-ring (bicyclic) bond motifs is 1. The lowest BCUT2D eigenvalue weighted by Gasteiger charge is -2.29. The molecule has 0 bridgehead atoms. The molecule has 24 heavy (non-hydrogen) atoms. The molecule has 0 saturated heterocycles. The molecule has 0 unspecified atom stereocenters. The summed E-state index contributed by atoms with van der Waals surface area (Å²) in [6.45, 7) is 8.30. The average molecular weight is 328 g/mol. The van der Waals surface area contributed by atoms with Crippen LogP contribution in [0.5, 0.6) is 0 Å². The minimum Gasteiger partial charge on any atom is -0.353 e. The van der Waals surface area contributed by atoms with Gasteiger partial charge in [-0.25, -0.2) is 9.50 Å². The first-order valence-electron chi connectivity index (χ1n) is 9.07. The zero-order valence-electron chi connectivity index (χ0n) is 15.2. The van der Waals surface area contributed by atoms with Crippen molar-refractivity contribution in [1.29, 1.82) is 0 Å². The van der Waals surface area contributed by atoms with Gasteiger partial charge in [-0.1, -0.05) is 19.8 Å². The van der Waals surface area contributed by atoms with Crippen LogP contribution in [0.1, 0.15) is 61.7 Å². The quantitative estimate of drug-likeness (QED) is 0.937. The maximum atomic E-state index is 12.4. The molecule has 5 nitrogen and oxygen atoms in total. The van der Waals surface area contributed by atoms with Gasteiger partial charge in [-0.05, 0) is 51.5 Å². The Labute approximate surface area is 143 Å². The van der Waals surface area contributed by atoms with Crippen molar-refractivity contribution in [2.24, 2.45) is 5.92 Å². The summed E-state index contributed by atoms with van der Waals surface area (Å²) >= 11 is 0. The number of carbonyl (C=O) groups is 1. The molecule has 1 aliphatic rings. The van der Waals surface area contributed by atoms with Crippen molar-refractivity contribution in [3.8, 4) is 0 Å². The molecule has 1 saturated carbocycles. The first-order chi connectivity index (χ1) is 11.5. The summed E-state index contributed by atoms with van der Waals surface area (Å²) in [4.78, 5) is 17.0. The number of amides is 1. The van der Waals surface area contributed by atoms with E-state index >= 15 is 0 Å². The molecule has 5 heteroatoms. The lowest BCUT2D eigenvalue weighted by Crippen LogP contribution is -2.41. The molecule has 2 aromatic heterocycles. The standard InChI is InChI=1S/C19H28N4O/c1-12-7-5-6-8-17(12)21-19(24)10-9-16-14(3)20-18-11-13(2)22-23(18)15(16)4/h11-12,17H,5-10H2,1-4H3,(H,21,24)/t12-,17+/m1/s1. The highest BCUT2D eigenvalue weighted by molar-refractivity contribution is 5.76. The summed E-state index contributed by atoms with van der Waals surface area (Å²) in [5.41, 5.74) is 5.07. The molecule has 1 amide bonds. The van der Waals surface area contributed by atoms with Crippen LogP contribution in [0.25, 0.3) is 5.65 Å². The zero-order chi connectivity index (χ0) is 17.3. The maximum absolute atomic E-state index is 12.4. The summed E-state index contributed by atoms with van der Waals surface area (Å²) in [5, 5.41) is 7.74. The van der Waals surface area contributed by atoms with Gasteiger partial charge in [0.15, 0.2) is 5.65 Å². The van der Waals surface area contributed by atoms with E-state index in [2.05, 4.69) is 29.2 Å². The fraction of sp³-hybridized carbons (Fsp3) is 0.632. The number of aryl methyl sites for hydroxylation is 3. The van der Waals surface area contributed by atoms with E-state index in [0.29, 0.717) is 24.8 Å². The Morgan fingerprint density at radius 1 is 1.29 bits per heavy atom. The fourth-order valence-corrected chi connectivity index (χ4v) is 3.85. The SMILES string of the molecule is Cc1cc2nc(C)c(CCC(=O)N[C@H]3CCCC[C@H]3C)c(C)n2n1. The number of hydrogen-bond acceptors (Lipinski definition) is 3. The second-order valence-electron chi connectivity index (χ2n) is 7.25. The molecule has 130 valence electrons. The van der Waals surface area contributed by atoms with E-state index in [-0.39, 0.29) is 5.91 Å². The molecule has 2 aromatic rings. The fourth-order valence-electron chi connectivity index (χ4n) is 3.85. The lowest BCUT2D eigenvalue weighted by molar-refractivity contribution is -0.122. The number of hydrogen-bond donors (Lipinski definition) is 1. The van der Waals surface area contributed by atoms with Crippen molar-refractivity contribution in [2.45, 2.75) is 72.3 Å². The predicted octanol–water partition coefficient (Wildman–Crippen LogP) is 3.28. The van der Waals surface area contributed by atoms with E-state index in [0.717, 1.165) is 34.7 Å². The third-order valence-corrected chi connectivity index (χ3v) is 5.35. The van der Waals surface area contributed by atoms with E-state index in [4.69, 9.17) is 0 Å². The molecule has 0 aliphatic heterocycles. The maximum Gasteiger partial charge on any atom is 0.220 e. The average Bonchev–Trinajstić information content (AvgIpc) is 2.90. The number of nitrogens with one attached hydrogen (secondary N) is 1. The number of aromatic nitrogens is 3. The van der Waals surface area contributed by atoms with Crippen molar-refractivity contribution in [2.75, 3.05) is 0 Å². The smallest absolute Gasteiger partial charge is 0.220 e. The van der Waals surface area contributed by atoms with Gasteiger partial charge in [-0.2, -0.15) is 5.10 Å². The van der Waals surface area contributed by atoms with Gasteiger partial charge in [0.25, 0.3) is 0 Å². The second kappa shape index (κ2) is 6.91. The third kappa shape index (κ3) is 3.45. The Kier molecular flexibility index (Phi) is 4.88. The monoisotopic (exact) mass is 328 g/mol. The van der Waals surface area contributed by atoms with Gasteiger partial charge in [0, 0.05) is 29.9 Å². The molecule has 1 N–H and O–H groups in total. The Hall–Kier alpha value is -1.91. The Bertz CT molecular complexity index is 749. The van der Waals surface area contributed by atoms with Crippen molar-refractivity contribution < 1.29 is 4.79 Å². The summed E-state index contributed by atoms with van der Waals surface area (Å²) in [5.74, 6) is 0.750. The first-order valence-corrected chi connectivity index (χ1v) is 9.07. The summed E-state index contributed by atoms with van der Waals surface area (Å²) in [7, 11) is 0. The van der Waals surface area contributed by atoms with Crippen LogP contribution in [-0.2, 0) is 11.2 Å². The van der Waals surface area contributed by atoms with Crippen LogP contribution < -0.4 is 5.32 Å². The van der Waals surface area contributed by atoms with Gasteiger partial charge in [-0.15, -0.1) is 0 Å². The Balaban J connectivity index is 1.67. The highest BCUT2D eigenvalue weighted by Gasteiger charge is 2.23. The van der Waals surface area contributed by atoms with Crippen molar-refractivity contribution in [1.82, 2.24) is 19.9 Å². The molecule has 0 spiro atoms. The topological polar surface area (TPSA) is 59.3 Å². The van der Waals surface area contributed by atoms with E-state index < -0.39 is 0 Å². The molecule has 2 atom stereocenters. The lowest BCUT2D eigenvalue weighted by atomic mass is 9.86. The molecule has 3 rings (SSSR count). The molecule has 0 aromatic carbocycles. The number of rotatable bonds is 4. The molecule has 2 heterocycles. The van der Waals surface area contributed by atoms with E-state index in [1.165, 1.54) is 19.3 Å². The molecule has 1 fully saturated rings. The van der Waals surface area contributed by atoms with Crippen LogP contribution in [-0.4, -0.2) is 26.5 Å². The van der Waals surface area contributed by atoms with Crippen LogP contribution in [0.2, 0.25) is 0 Å². The minimum absolute atomic E-state index is 0.157. The van der Waals surface area contributed by atoms with Crippen LogP contribution >= 0.6 is 0 Å². The van der Waals surface area contributed by atoms with Gasteiger partial charge in [0.1, 0.15) is 0 Å². The summed E-state index contributed by atoms with van der Waals surface area (Å²) < 4.78 is 1.89. The van der Waals surface area contributed by atoms with E-state index in [1.54, 1.807) is 0 Å². The van der Waals surface area contributed by atoms with Crippen LogP contribution in [0, 0.1) is 26.7 Å². The van der Waals surface area contributed by atoms with Crippen molar-refractivity contribution in [3.63, 3.8) is 0 Å². The van der Waals surface area contributed by atoms with Crippen LogP contribution in [0.15, 0.2) is 6.07 Å². The van der Waals surface area contributed by atoms with Crippen molar-refractivity contribution >= 4 is 11.6 Å². The van der Waals surface area contributed by atoms with E-state index in [9.17, 15) is 4.79 Å². The largest absolute Gasteiger partial charge is 0.353 e. The third-order valence-electron chi connectivity index (χ3n) is 5.35. The second-order valence-corrected chi connectivity index (χ2v) is 7.25. The zero-order valence-corrected chi connectivity index (χ0v) is 15.2.